The Morgan fingerprint density at radius 3 is 2.93 bits per heavy atom. The number of benzene rings is 2. The minimum absolute atomic E-state index is 0.110. The molecule has 2 aromatic carbocycles. The van der Waals surface area contributed by atoms with Crippen molar-refractivity contribution in [2.45, 2.75) is 12.1 Å². The average molecular weight is 385 g/mol. The summed E-state index contributed by atoms with van der Waals surface area (Å²) in [5.41, 5.74) is 1.80. The molecule has 0 spiro atoms. The molecule has 0 aliphatic rings. The number of halogens is 1. The molecule has 0 saturated carbocycles. The second kappa shape index (κ2) is 9.23. The van der Waals surface area contributed by atoms with Gasteiger partial charge in [-0.05, 0) is 42.8 Å². The molecular weight excluding hydrogens is 365 g/mol. The van der Waals surface area contributed by atoms with Gasteiger partial charge in [0.05, 0.1) is 18.0 Å². The molecule has 1 amide bonds. The van der Waals surface area contributed by atoms with Crippen LogP contribution in [-0.4, -0.2) is 34.4 Å². The van der Waals surface area contributed by atoms with Gasteiger partial charge in [0, 0.05) is 12.4 Å². The monoisotopic (exact) mass is 385 g/mol. The Kier molecular flexibility index (Phi) is 6.49. The van der Waals surface area contributed by atoms with E-state index in [9.17, 15) is 9.18 Å². The fraction of sp³-hybridized carbons (Fsp3) is 0.200. The minimum Gasteiger partial charge on any atom is -0.492 e. The van der Waals surface area contributed by atoms with E-state index in [1.54, 1.807) is 29.1 Å². The lowest BCUT2D eigenvalue weighted by Gasteiger charge is -2.09. The summed E-state index contributed by atoms with van der Waals surface area (Å²) in [6.07, 6.45) is 3.37. The van der Waals surface area contributed by atoms with E-state index in [1.165, 1.54) is 23.9 Å². The van der Waals surface area contributed by atoms with Crippen molar-refractivity contribution >= 4 is 17.7 Å². The van der Waals surface area contributed by atoms with Crippen molar-refractivity contribution in [3.05, 3.63) is 72.3 Å². The number of aryl methyl sites for hydroxylation is 1. The Hall–Kier alpha value is -2.80. The zero-order valence-corrected chi connectivity index (χ0v) is 15.7. The molecule has 0 saturated heterocycles. The van der Waals surface area contributed by atoms with Gasteiger partial charge in [-0.15, -0.1) is 0 Å². The number of ether oxygens (including phenoxy) is 1. The molecule has 3 aromatic rings. The number of imidazole rings is 1. The Balaban J connectivity index is 1.44. The van der Waals surface area contributed by atoms with Crippen LogP contribution < -0.4 is 10.1 Å². The molecule has 3 rings (SSSR count). The standard InChI is InChI=1S/C20H20FN3O2S/c1-15-4-2-7-18(12-15)26-11-9-22-19(25)14-27-20-23-8-10-24(20)17-6-3-5-16(21)13-17/h2-8,10,12-13H,9,11,14H2,1H3,(H,22,25). The lowest BCUT2D eigenvalue weighted by Crippen LogP contribution is -2.29. The summed E-state index contributed by atoms with van der Waals surface area (Å²) in [5.74, 6) is 0.581. The van der Waals surface area contributed by atoms with E-state index in [1.807, 2.05) is 31.2 Å². The van der Waals surface area contributed by atoms with Gasteiger partial charge in [0.25, 0.3) is 0 Å². The number of aromatic nitrogens is 2. The maximum atomic E-state index is 13.4. The van der Waals surface area contributed by atoms with E-state index < -0.39 is 0 Å². The van der Waals surface area contributed by atoms with E-state index >= 15 is 0 Å². The van der Waals surface area contributed by atoms with Crippen molar-refractivity contribution < 1.29 is 13.9 Å². The van der Waals surface area contributed by atoms with E-state index in [0.717, 1.165) is 11.3 Å². The van der Waals surface area contributed by atoms with Crippen LogP contribution in [-0.2, 0) is 4.79 Å². The predicted molar refractivity (Wildman–Crippen MR) is 104 cm³/mol. The summed E-state index contributed by atoms with van der Waals surface area (Å²) in [7, 11) is 0. The van der Waals surface area contributed by atoms with Crippen molar-refractivity contribution in [2.24, 2.45) is 0 Å². The third-order valence-electron chi connectivity index (χ3n) is 3.71. The number of thioether (sulfide) groups is 1. The highest BCUT2D eigenvalue weighted by molar-refractivity contribution is 7.99. The molecule has 0 aliphatic heterocycles. The Morgan fingerprint density at radius 1 is 1.26 bits per heavy atom. The number of nitrogens with one attached hydrogen (secondary N) is 1. The SMILES string of the molecule is Cc1cccc(OCCNC(=O)CSc2nccn2-c2cccc(F)c2)c1. The Labute approximate surface area is 161 Å². The van der Waals surface area contributed by atoms with Crippen LogP contribution >= 0.6 is 11.8 Å². The lowest BCUT2D eigenvalue weighted by atomic mass is 10.2. The van der Waals surface area contributed by atoms with E-state index in [4.69, 9.17) is 4.74 Å². The molecule has 0 bridgehead atoms. The summed E-state index contributed by atoms with van der Waals surface area (Å²) in [6.45, 7) is 2.82. The van der Waals surface area contributed by atoms with Crippen molar-refractivity contribution in [3.8, 4) is 11.4 Å². The first-order valence-corrected chi connectivity index (χ1v) is 9.48. The van der Waals surface area contributed by atoms with Gasteiger partial charge in [0.1, 0.15) is 18.2 Å². The molecule has 0 unspecified atom stereocenters. The van der Waals surface area contributed by atoms with Gasteiger partial charge in [0.2, 0.25) is 5.91 Å². The molecule has 1 N–H and O–H groups in total. The second-order valence-electron chi connectivity index (χ2n) is 5.86. The summed E-state index contributed by atoms with van der Waals surface area (Å²) in [5, 5.41) is 3.45. The molecule has 1 aromatic heterocycles. The molecular formula is C20H20FN3O2S. The van der Waals surface area contributed by atoms with Crippen LogP contribution in [0.3, 0.4) is 0 Å². The minimum atomic E-state index is -0.316. The topological polar surface area (TPSA) is 56.1 Å². The highest BCUT2D eigenvalue weighted by Gasteiger charge is 2.09. The molecule has 140 valence electrons. The van der Waals surface area contributed by atoms with Crippen molar-refractivity contribution in [1.82, 2.24) is 14.9 Å². The molecule has 1 heterocycles. The number of carbonyl (C=O) groups is 1. The highest BCUT2D eigenvalue weighted by atomic mass is 32.2. The Bertz CT molecular complexity index is 914. The second-order valence-corrected chi connectivity index (χ2v) is 6.81. The molecule has 0 aliphatic carbocycles. The van der Waals surface area contributed by atoms with Crippen LogP contribution in [0.1, 0.15) is 5.56 Å². The maximum absolute atomic E-state index is 13.4. The number of hydrogen-bond donors (Lipinski definition) is 1. The third kappa shape index (κ3) is 5.59. The van der Waals surface area contributed by atoms with Crippen molar-refractivity contribution in [2.75, 3.05) is 18.9 Å². The van der Waals surface area contributed by atoms with Crippen molar-refractivity contribution in [1.29, 1.82) is 0 Å². The lowest BCUT2D eigenvalue weighted by molar-refractivity contribution is -0.118. The normalized spacial score (nSPS) is 10.6. The number of hydrogen-bond acceptors (Lipinski definition) is 4. The number of carbonyl (C=O) groups excluding carboxylic acids is 1. The first-order valence-electron chi connectivity index (χ1n) is 8.50. The van der Waals surface area contributed by atoms with Crippen LogP contribution in [0.5, 0.6) is 5.75 Å². The van der Waals surface area contributed by atoms with E-state index in [-0.39, 0.29) is 17.5 Å². The smallest absolute Gasteiger partial charge is 0.230 e. The summed E-state index contributed by atoms with van der Waals surface area (Å²) >= 11 is 1.30. The first kappa shape index (κ1) is 19.0. The van der Waals surface area contributed by atoms with Crippen LogP contribution in [0, 0.1) is 12.7 Å². The quantitative estimate of drug-likeness (QED) is 0.475. The molecule has 0 fully saturated rings. The largest absolute Gasteiger partial charge is 0.492 e. The molecule has 0 radical (unpaired) electrons. The molecule has 5 nitrogen and oxygen atoms in total. The van der Waals surface area contributed by atoms with E-state index in [2.05, 4.69) is 10.3 Å². The van der Waals surface area contributed by atoms with Gasteiger partial charge in [-0.25, -0.2) is 9.37 Å². The van der Waals surface area contributed by atoms with Gasteiger partial charge >= 0.3 is 0 Å². The predicted octanol–water partition coefficient (Wildman–Crippen LogP) is 3.61. The third-order valence-corrected chi connectivity index (χ3v) is 4.67. The summed E-state index contributed by atoms with van der Waals surface area (Å²) < 4.78 is 20.8. The molecule has 0 atom stereocenters. The zero-order valence-electron chi connectivity index (χ0n) is 14.9. The Morgan fingerprint density at radius 2 is 2.11 bits per heavy atom. The van der Waals surface area contributed by atoms with Crippen LogP contribution in [0.15, 0.2) is 66.1 Å². The van der Waals surface area contributed by atoms with Gasteiger partial charge < -0.3 is 10.1 Å². The van der Waals surface area contributed by atoms with E-state index in [0.29, 0.717) is 24.0 Å². The van der Waals surface area contributed by atoms with Crippen LogP contribution in [0.25, 0.3) is 5.69 Å². The highest BCUT2D eigenvalue weighted by Crippen LogP contribution is 2.20. The maximum Gasteiger partial charge on any atom is 0.230 e. The van der Waals surface area contributed by atoms with Gasteiger partial charge in [-0.2, -0.15) is 0 Å². The molecule has 27 heavy (non-hydrogen) atoms. The first-order chi connectivity index (χ1) is 13.1. The van der Waals surface area contributed by atoms with Crippen LogP contribution in [0.4, 0.5) is 4.39 Å². The fourth-order valence-electron chi connectivity index (χ4n) is 2.46. The van der Waals surface area contributed by atoms with Gasteiger partial charge in [-0.3, -0.25) is 9.36 Å². The average Bonchev–Trinajstić information content (AvgIpc) is 3.12. The zero-order chi connectivity index (χ0) is 19.1. The van der Waals surface area contributed by atoms with Crippen molar-refractivity contribution in [3.63, 3.8) is 0 Å². The van der Waals surface area contributed by atoms with Gasteiger partial charge in [-0.1, -0.05) is 30.0 Å². The fourth-order valence-corrected chi connectivity index (χ4v) is 3.27. The summed E-state index contributed by atoms with van der Waals surface area (Å²) in [6, 6.07) is 14.0. The number of nitrogens with zero attached hydrogens (tertiary/aromatic N) is 2. The summed E-state index contributed by atoms with van der Waals surface area (Å²) in [4.78, 5) is 16.3. The van der Waals surface area contributed by atoms with Gasteiger partial charge in [0.15, 0.2) is 5.16 Å². The number of rotatable bonds is 8. The molecule has 7 heteroatoms. The van der Waals surface area contributed by atoms with Crippen LogP contribution in [0.2, 0.25) is 0 Å². The number of amides is 1.